The first-order valence-corrected chi connectivity index (χ1v) is 7.22. The molecule has 3 rings (SSSR count). The third-order valence-corrected chi connectivity index (χ3v) is 4.45. The van der Waals surface area contributed by atoms with Gasteiger partial charge in [-0.1, -0.05) is 12.8 Å². The van der Waals surface area contributed by atoms with Crippen molar-refractivity contribution in [3.8, 4) is 0 Å². The molecule has 1 aromatic carbocycles. The third kappa shape index (κ3) is 2.31. The van der Waals surface area contributed by atoms with Crippen molar-refractivity contribution < 1.29 is 5.11 Å². The molecule has 106 valence electrons. The fraction of sp³-hybridized carbons (Fsp3) is 0.438. The van der Waals surface area contributed by atoms with Gasteiger partial charge >= 0.3 is 0 Å². The van der Waals surface area contributed by atoms with Crippen LogP contribution in [0.2, 0.25) is 0 Å². The number of nitrogens with one attached hydrogen (secondary N) is 1. The van der Waals surface area contributed by atoms with Gasteiger partial charge in [0, 0.05) is 29.2 Å². The van der Waals surface area contributed by atoms with Crippen molar-refractivity contribution in [3.05, 3.63) is 30.5 Å². The number of rotatable bonds is 4. The summed E-state index contributed by atoms with van der Waals surface area (Å²) in [5.41, 5.74) is 8.58. The van der Waals surface area contributed by atoms with Crippen molar-refractivity contribution in [3.63, 3.8) is 0 Å². The Hall–Kier alpha value is -1.81. The van der Waals surface area contributed by atoms with E-state index in [0.717, 1.165) is 36.0 Å². The minimum Gasteiger partial charge on any atom is -0.397 e. The standard InChI is InChI=1S/C16H21N3O/c17-13-5-6-14(12-4-3-9-18-15(12)13)19-10-16(11-20)7-1-2-8-16/h3-6,9,19-20H,1-2,7-8,10-11,17H2. The second-order valence-electron chi connectivity index (χ2n) is 5.82. The molecule has 0 saturated heterocycles. The lowest BCUT2D eigenvalue weighted by Gasteiger charge is -2.27. The van der Waals surface area contributed by atoms with Crippen LogP contribution >= 0.6 is 0 Å². The van der Waals surface area contributed by atoms with E-state index in [1.54, 1.807) is 6.20 Å². The maximum atomic E-state index is 9.68. The Morgan fingerprint density at radius 2 is 2.05 bits per heavy atom. The van der Waals surface area contributed by atoms with Crippen LogP contribution in [0.5, 0.6) is 0 Å². The molecule has 1 fully saturated rings. The average molecular weight is 271 g/mol. The molecule has 1 heterocycles. The molecule has 2 aromatic rings. The van der Waals surface area contributed by atoms with Crippen molar-refractivity contribution in [2.75, 3.05) is 24.2 Å². The van der Waals surface area contributed by atoms with Crippen LogP contribution in [-0.2, 0) is 0 Å². The Balaban J connectivity index is 1.86. The van der Waals surface area contributed by atoms with E-state index in [1.165, 1.54) is 12.8 Å². The fourth-order valence-corrected chi connectivity index (χ4v) is 3.15. The third-order valence-electron chi connectivity index (χ3n) is 4.45. The highest BCUT2D eigenvalue weighted by atomic mass is 16.3. The summed E-state index contributed by atoms with van der Waals surface area (Å²) >= 11 is 0. The summed E-state index contributed by atoms with van der Waals surface area (Å²) in [6.45, 7) is 1.06. The molecule has 1 aliphatic carbocycles. The smallest absolute Gasteiger partial charge is 0.0951 e. The molecule has 0 radical (unpaired) electrons. The SMILES string of the molecule is Nc1ccc(NCC2(CO)CCCC2)c2cccnc12. The number of nitrogens with two attached hydrogens (primary N) is 1. The van der Waals surface area contributed by atoms with Crippen LogP contribution in [0.3, 0.4) is 0 Å². The zero-order chi connectivity index (χ0) is 14.0. The number of hydrogen-bond acceptors (Lipinski definition) is 4. The second kappa shape index (κ2) is 5.29. The molecule has 20 heavy (non-hydrogen) atoms. The predicted molar refractivity (Wildman–Crippen MR) is 82.6 cm³/mol. The monoisotopic (exact) mass is 271 g/mol. The Morgan fingerprint density at radius 3 is 2.80 bits per heavy atom. The second-order valence-corrected chi connectivity index (χ2v) is 5.82. The van der Waals surface area contributed by atoms with Crippen LogP contribution in [-0.4, -0.2) is 23.2 Å². The number of hydrogen-bond donors (Lipinski definition) is 3. The molecule has 0 aliphatic heterocycles. The van der Waals surface area contributed by atoms with Gasteiger partial charge in [-0.2, -0.15) is 0 Å². The van der Waals surface area contributed by atoms with Gasteiger partial charge in [0.05, 0.1) is 17.8 Å². The van der Waals surface area contributed by atoms with Gasteiger partial charge in [0.15, 0.2) is 0 Å². The Bertz CT molecular complexity index is 606. The molecule has 0 spiro atoms. The summed E-state index contributed by atoms with van der Waals surface area (Å²) in [4.78, 5) is 4.34. The Morgan fingerprint density at radius 1 is 1.25 bits per heavy atom. The number of anilines is 2. The van der Waals surface area contributed by atoms with E-state index in [2.05, 4.69) is 10.3 Å². The molecular formula is C16H21N3O. The lowest BCUT2D eigenvalue weighted by molar-refractivity contribution is 0.142. The van der Waals surface area contributed by atoms with Gasteiger partial charge in [-0.25, -0.2) is 0 Å². The minimum absolute atomic E-state index is 0.0376. The normalized spacial score (nSPS) is 17.4. The zero-order valence-electron chi connectivity index (χ0n) is 11.6. The quantitative estimate of drug-likeness (QED) is 0.748. The van der Waals surface area contributed by atoms with Crippen molar-refractivity contribution in [1.82, 2.24) is 4.98 Å². The number of pyridine rings is 1. The number of benzene rings is 1. The van der Waals surface area contributed by atoms with Crippen molar-refractivity contribution >= 4 is 22.3 Å². The van der Waals surface area contributed by atoms with Crippen LogP contribution in [0.15, 0.2) is 30.5 Å². The molecule has 0 atom stereocenters. The van der Waals surface area contributed by atoms with E-state index >= 15 is 0 Å². The summed E-state index contributed by atoms with van der Waals surface area (Å²) in [6.07, 6.45) is 6.39. The summed E-state index contributed by atoms with van der Waals surface area (Å²) < 4.78 is 0. The number of fused-ring (bicyclic) bond motifs is 1. The molecular weight excluding hydrogens is 250 g/mol. The van der Waals surface area contributed by atoms with E-state index in [4.69, 9.17) is 5.73 Å². The molecule has 4 nitrogen and oxygen atoms in total. The number of nitrogens with zero attached hydrogens (tertiary/aromatic N) is 1. The van der Waals surface area contributed by atoms with Crippen LogP contribution in [0, 0.1) is 5.41 Å². The first kappa shape index (κ1) is 13.2. The van der Waals surface area contributed by atoms with E-state index in [0.29, 0.717) is 5.69 Å². The van der Waals surface area contributed by atoms with Gasteiger partial charge < -0.3 is 16.2 Å². The van der Waals surface area contributed by atoms with Gasteiger partial charge in [-0.15, -0.1) is 0 Å². The highest BCUT2D eigenvalue weighted by molar-refractivity contribution is 5.98. The Kier molecular flexibility index (Phi) is 3.49. The topological polar surface area (TPSA) is 71.2 Å². The van der Waals surface area contributed by atoms with Gasteiger partial charge in [-0.3, -0.25) is 4.98 Å². The van der Waals surface area contributed by atoms with Crippen LogP contribution in [0.4, 0.5) is 11.4 Å². The Labute approximate surface area is 119 Å². The van der Waals surface area contributed by atoms with Crippen molar-refractivity contribution in [1.29, 1.82) is 0 Å². The fourth-order valence-electron chi connectivity index (χ4n) is 3.15. The van der Waals surface area contributed by atoms with E-state index in [-0.39, 0.29) is 12.0 Å². The molecule has 0 bridgehead atoms. The van der Waals surface area contributed by atoms with E-state index < -0.39 is 0 Å². The lowest BCUT2D eigenvalue weighted by atomic mass is 9.87. The van der Waals surface area contributed by atoms with Gasteiger partial charge in [-0.05, 0) is 37.1 Å². The molecule has 1 aliphatic rings. The zero-order valence-corrected chi connectivity index (χ0v) is 11.6. The van der Waals surface area contributed by atoms with Gasteiger partial charge in [0.2, 0.25) is 0 Å². The minimum atomic E-state index is 0.0376. The molecule has 4 heteroatoms. The summed E-state index contributed by atoms with van der Waals surface area (Å²) in [7, 11) is 0. The molecule has 0 amide bonds. The number of aliphatic hydroxyl groups is 1. The van der Waals surface area contributed by atoms with Crippen LogP contribution < -0.4 is 11.1 Å². The van der Waals surface area contributed by atoms with Gasteiger partial charge in [0.1, 0.15) is 0 Å². The van der Waals surface area contributed by atoms with Crippen LogP contribution in [0.25, 0.3) is 10.9 Å². The molecule has 0 unspecified atom stereocenters. The van der Waals surface area contributed by atoms with Crippen LogP contribution in [0.1, 0.15) is 25.7 Å². The number of aliphatic hydroxyl groups excluding tert-OH is 1. The predicted octanol–water partition coefficient (Wildman–Crippen LogP) is 2.78. The summed E-state index contributed by atoms with van der Waals surface area (Å²) in [5, 5.41) is 14.2. The highest BCUT2D eigenvalue weighted by Crippen LogP contribution is 2.38. The first-order valence-electron chi connectivity index (χ1n) is 7.22. The highest BCUT2D eigenvalue weighted by Gasteiger charge is 2.32. The maximum Gasteiger partial charge on any atom is 0.0951 e. The molecule has 1 saturated carbocycles. The summed E-state index contributed by atoms with van der Waals surface area (Å²) in [6, 6.07) is 7.84. The van der Waals surface area contributed by atoms with Crippen molar-refractivity contribution in [2.45, 2.75) is 25.7 Å². The van der Waals surface area contributed by atoms with E-state index in [9.17, 15) is 5.11 Å². The average Bonchev–Trinajstić information content (AvgIpc) is 2.96. The largest absolute Gasteiger partial charge is 0.397 e. The maximum absolute atomic E-state index is 9.68. The number of aromatic nitrogens is 1. The van der Waals surface area contributed by atoms with Gasteiger partial charge in [0.25, 0.3) is 0 Å². The summed E-state index contributed by atoms with van der Waals surface area (Å²) in [5.74, 6) is 0. The van der Waals surface area contributed by atoms with E-state index in [1.807, 2.05) is 24.3 Å². The molecule has 1 aromatic heterocycles. The first-order chi connectivity index (χ1) is 9.74. The van der Waals surface area contributed by atoms with Crippen molar-refractivity contribution in [2.24, 2.45) is 5.41 Å². The lowest BCUT2D eigenvalue weighted by Crippen LogP contribution is -2.30. The number of nitrogen functional groups attached to an aromatic ring is 1. The molecule has 4 N–H and O–H groups in total.